The molecule has 1 aliphatic rings. The van der Waals surface area contributed by atoms with Crippen LogP contribution in [0, 0.1) is 11.7 Å². The highest BCUT2D eigenvalue weighted by Gasteiger charge is 2.21. The normalized spacial score (nSPS) is 13.2. The van der Waals surface area contributed by atoms with Gasteiger partial charge in [0.15, 0.2) is 0 Å². The zero-order valence-corrected chi connectivity index (χ0v) is 16.6. The molecule has 0 saturated heterocycles. The molecular formula is C23H24FN3O3. The minimum absolute atomic E-state index is 0.284. The standard InChI is InChI=1S/C23H24FN3O3/c24-19-8-6-18(7-9-19)22-26-21(15-30-22)10-11-25-23(28)27-20-3-1-2-17(12-20)14-29-13-16-4-5-16/h1-3,6-9,12,15-16H,4-5,10-11,13-14H2,(H2,25,27,28). The number of nitrogens with one attached hydrogen (secondary N) is 2. The Morgan fingerprint density at radius 3 is 2.83 bits per heavy atom. The number of carbonyl (C=O) groups excluding carboxylic acids is 1. The number of aromatic nitrogens is 1. The lowest BCUT2D eigenvalue weighted by Gasteiger charge is -2.09. The number of urea groups is 1. The Hall–Kier alpha value is -3.19. The fourth-order valence-electron chi connectivity index (χ4n) is 2.99. The average molecular weight is 409 g/mol. The van der Waals surface area contributed by atoms with Gasteiger partial charge in [-0.15, -0.1) is 0 Å². The highest BCUT2D eigenvalue weighted by atomic mass is 19.1. The summed E-state index contributed by atoms with van der Waals surface area (Å²) >= 11 is 0. The Kier molecular flexibility index (Phi) is 6.39. The molecule has 4 rings (SSSR count). The lowest BCUT2D eigenvalue weighted by molar-refractivity contribution is 0.111. The Morgan fingerprint density at radius 2 is 2.03 bits per heavy atom. The van der Waals surface area contributed by atoms with Crippen LogP contribution in [0.4, 0.5) is 14.9 Å². The summed E-state index contributed by atoms with van der Waals surface area (Å²) in [6.45, 7) is 1.77. The van der Waals surface area contributed by atoms with E-state index in [-0.39, 0.29) is 11.8 Å². The predicted octanol–water partition coefficient (Wildman–Crippen LogP) is 4.77. The van der Waals surface area contributed by atoms with Crippen molar-refractivity contribution in [3.05, 3.63) is 71.9 Å². The molecule has 1 heterocycles. The number of amides is 2. The van der Waals surface area contributed by atoms with Crippen LogP contribution in [0.3, 0.4) is 0 Å². The van der Waals surface area contributed by atoms with Crippen molar-refractivity contribution < 1.29 is 18.3 Å². The number of carbonyl (C=O) groups is 1. The van der Waals surface area contributed by atoms with Gasteiger partial charge in [-0.05, 0) is 60.7 Å². The van der Waals surface area contributed by atoms with E-state index in [1.54, 1.807) is 18.4 Å². The van der Waals surface area contributed by atoms with E-state index in [2.05, 4.69) is 15.6 Å². The van der Waals surface area contributed by atoms with Crippen molar-refractivity contribution in [2.45, 2.75) is 25.9 Å². The van der Waals surface area contributed by atoms with E-state index >= 15 is 0 Å². The van der Waals surface area contributed by atoms with Crippen LogP contribution in [0.25, 0.3) is 11.5 Å². The highest BCUT2D eigenvalue weighted by molar-refractivity contribution is 5.89. The first-order valence-electron chi connectivity index (χ1n) is 10.1. The van der Waals surface area contributed by atoms with Crippen LogP contribution in [0.15, 0.2) is 59.2 Å². The molecule has 2 N–H and O–H groups in total. The number of rotatable bonds is 9. The van der Waals surface area contributed by atoms with Crippen molar-refractivity contribution in [3.63, 3.8) is 0 Å². The first-order chi connectivity index (χ1) is 14.7. The van der Waals surface area contributed by atoms with Crippen molar-refractivity contribution in [2.24, 2.45) is 5.92 Å². The molecule has 1 fully saturated rings. The fraction of sp³-hybridized carbons (Fsp3) is 0.304. The monoisotopic (exact) mass is 409 g/mol. The van der Waals surface area contributed by atoms with Crippen LogP contribution in [0.2, 0.25) is 0 Å². The number of halogens is 1. The van der Waals surface area contributed by atoms with Crippen molar-refractivity contribution in [1.29, 1.82) is 0 Å². The Labute approximate surface area is 174 Å². The molecular weight excluding hydrogens is 385 g/mol. The number of nitrogens with zero attached hydrogens (tertiary/aromatic N) is 1. The first-order valence-corrected chi connectivity index (χ1v) is 10.1. The van der Waals surface area contributed by atoms with E-state index in [1.165, 1.54) is 25.0 Å². The summed E-state index contributed by atoms with van der Waals surface area (Å²) in [4.78, 5) is 16.5. The van der Waals surface area contributed by atoms with Gasteiger partial charge in [-0.3, -0.25) is 0 Å². The van der Waals surface area contributed by atoms with E-state index < -0.39 is 0 Å². The fourth-order valence-corrected chi connectivity index (χ4v) is 2.99. The topological polar surface area (TPSA) is 76.4 Å². The Morgan fingerprint density at radius 1 is 1.20 bits per heavy atom. The number of ether oxygens (including phenoxy) is 1. The van der Waals surface area contributed by atoms with Gasteiger partial charge in [0, 0.05) is 30.8 Å². The van der Waals surface area contributed by atoms with Crippen molar-refractivity contribution in [1.82, 2.24) is 10.3 Å². The molecule has 2 amide bonds. The van der Waals surface area contributed by atoms with Gasteiger partial charge in [-0.1, -0.05) is 12.1 Å². The zero-order chi connectivity index (χ0) is 20.8. The number of benzene rings is 2. The van der Waals surface area contributed by atoms with Gasteiger partial charge in [-0.25, -0.2) is 14.2 Å². The van der Waals surface area contributed by atoms with E-state index in [1.807, 2.05) is 24.3 Å². The molecule has 0 aliphatic heterocycles. The molecule has 30 heavy (non-hydrogen) atoms. The summed E-state index contributed by atoms with van der Waals surface area (Å²) in [7, 11) is 0. The van der Waals surface area contributed by atoms with Crippen LogP contribution >= 0.6 is 0 Å². The van der Waals surface area contributed by atoms with E-state index in [0.717, 1.165) is 23.8 Å². The molecule has 6 nitrogen and oxygen atoms in total. The van der Waals surface area contributed by atoms with Crippen molar-refractivity contribution in [2.75, 3.05) is 18.5 Å². The minimum Gasteiger partial charge on any atom is -0.444 e. The van der Waals surface area contributed by atoms with Crippen LogP contribution in [0.5, 0.6) is 0 Å². The molecule has 0 spiro atoms. The molecule has 7 heteroatoms. The maximum absolute atomic E-state index is 13.0. The van der Waals surface area contributed by atoms with Crippen molar-refractivity contribution in [3.8, 4) is 11.5 Å². The molecule has 1 saturated carbocycles. The molecule has 0 bridgehead atoms. The maximum Gasteiger partial charge on any atom is 0.319 e. The van der Waals surface area contributed by atoms with Gasteiger partial charge in [-0.2, -0.15) is 0 Å². The molecule has 2 aromatic carbocycles. The maximum atomic E-state index is 13.0. The number of oxazole rings is 1. The van der Waals surface area contributed by atoms with E-state index in [9.17, 15) is 9.18 Å². The molecule has 3 aromatic rings. The largest absolute Gasteiger partial charge is 0.444 e. The molecule has 156 valence electrons. The van der Waals surface area contributed by atoms with E-state index in [0.29, 0.717) is 36.7 Å². The summed E-state index contributed by atoms with van der Waals surface area (Å²) in [5.74, 6) is 0.848. The van der Waals surface area contributed by atoms with Crippen molar-refractivity contribution >= 4 is 11.7 Å². The van der Waals surface area contributed by atoms with Crippen LogP contribution < -0.4 is 10.6 Å². The molecule has 0 radical (unpaired) electrons. The quantitative estimate of drug-likeness (QED) is 0.534. The first kappa shape index (κ1) is 20.1. The summed E-state index contributed by atoms with van der Waals surface area (Å²) < 4.78 is 24.1. The van der Waals surface area contributed by atoms with Gasteiger partial charge >= 0.3 is 6.03 Å². The smallest absolute Gasteiger partial charge is 0.319 e. The third kappa shape index (κ3) is 5.90. The summed E-state index contributed by atoms with van der Waals surface area (Å²) in [6, 6.07) is 13.3. The molecule has 0 unspecified atom stereocenters. The van der Waals surface area contributed by atoms with Gasteiger partial charge < -0.3 is 19.8 Å². The van der Waals surface area contributed by atoms with Gasteiger partial charge in [0.25, 0.3) is 0 Å². The number of hydrogen-bond donors (Lipinski definition) is 2. The second kappa shape index (κ2) is 9.54. The minimum atomic E-state index is -0.308. The van der Waals surface area contributed by atoms with Crippen LogP contribution in [-0.4, -0.2) is 24.2 Å². The SMILES string of the molecule is O=C(NCCc1coc(-c2ccc(F)cc2)n1)Nc1cccc(COCC2CC2)c1. The van der Waals surface area contributed by atoms with Gasteiger partial charge in [0.05, 0.1) is 12.3 Å². The second-order valence-electron chi connectivity index (χ2n) is 7.44. The number of anilines is 1. The number of hydrogen-bond acceptors (Lipinski definition) is 4. The van der Waals surface area contributed by atoms with Crippen LogP contribution in [-0.2, 0) is 17.8 Å². The summed E-state index contributed by atoms with van der Waals surface area (Å²) in [5.41, 5.74) is 3.17. The molecule has 1 aliphatic carbocycles. The summed E-state index contributed by atoms with van der Waals surface area (Å²) in [5, 5.41) is 5.64. The second-order valence-corrected chi connectivity index (χ2v) is 7.44. The Bertz CT molecular complexity index is 983. The Balaban J connectivity index is 1.21. The molecule has 0 atom stereocenters. The predicted molar refractivity (Wildman–Crippen MR) is 111 cm³/mol. The average Bonchev–Trinajstić information content (AvgIpc) is 3.44. The molecule has 1 aromatic heterocycles. The lowest BCUT2D eigenvalue weighted by Crippen LogP contribution is -2.30. The summed E-state index contributed by atoms with van der Waals surface area (Å²) in [6.07, 6.45) is 4.60. The third-order valence-corrected chi connectivity index (χ3v) is 4.81. The van der Waals surface area contributed by atoms with Gasteiger partial charge in [0.1, 0.15) is 12.1 Å². The third-order valence-electron chi connectivity index (χ3n) is 4.81. The van der Waals surface area contributed by atoms with E-state index in [4.69, 9.17) is 9.15 Å². The lowest BCUT2D eigenvalue weighted by atomic mass is 10.2. The van der Waals surface area contributed by atoms with Crippen LogP contribution in [0.1, 0.15) is 24.1 Å². The highest BCUT2D eigenvalue weighted by Crippen LogP contribution is 2.29. The van der Waals surface area contributed by atoms with Gasteiger partial charge in [0.2, 0.25) is 5.89 Å². The zero-order valence-electron chi connectivity index (χ0n) is 16.6.